The molecule has 3 aromatic carbocycles. The number of piperazine rings is 1. The standard InChI is InChI=1S/C33H34N2O4/c1-2-25-12-14-29(15-13-25)30-20-31(39-32(21-30)38-24-28-10-8-27(23-36)9-11-28)33(37)35-18-16-34(17-19-35)22-26-6-4-3-5-7-26/h1,3-15,20,30,32,36H,16-19,21-24H2/t30-,32+/m0/s1. The number of rotatable bonds is 8. The van der Waals surface area contributed by atoms with Crippen LogP contribution in [0.25, 0.3) is 0 Å². The van der Waals surface area contributed by atoms with Crippen LogP contribution >= 0.6 is 0 Å². The topological polar surface area (TPSA) is 62.2 Å². The van der Waals surface area contributed by atoms with Gasteiger partial charge >= 0.3 is 0 Å². The average Bonchev–Trinajstić information content (AvgIpc) is 3.00. The van der Waals surface area contributed by atoms with E-state index in [1.54, 1.807) is 0 Å². The Bertz CT molecular complexity index is 1300. The number of terminal acetylenes is 1. The molecule has 2 aliphatic heterocycles. The van der Waals surface area contributed by atoms with Crippen LogP contribution in [0.3, 0.4) is 0 Å². The molecule has 5 rings (SSSR count). The van der Waals surface area contributed by atoms with Gasteiger partial charge in [0.25, 0.3) is 5.91 Å². The second-order valence-corrected chi connectivity index (χ2v) is 10.0. The highest BCUT2D eigenvalue weighted by atomic mass is 16.7. The second-order valence-electron chi connectivity index (χ2n) is 10.0. The summed E-state index contributed by atoms with van der Waals surface area (Å²) in [6, 6.07) is 25.9. The molecule has 0 bridgehead atoms. The van der Waals surface area contributed by atoms with Crippen molar-refractivity contribution in [1.82, 2.24) is 9.80 Å². The predicted octanol–water partition coefficient (Wildman–Crippen LogP) is 4.44. The maximum absolute atomic E-state index is 13.6. The normalized spacial score (nSPS) is 19.6. The summed E-state index contributed by atoms with van der Waals surface area (Å²) in [5, 5.41) is 9.30. The van der Waals surface area contributed by atoms with Crippen LogP contribution in [0.15, 0.2) is 90.7 Å². The van der Waals surface area contributed by atoms with Gasteiger partial charge in [-0.2, -0.15) is 0 Å². The molecule has 1 fully saturated rings. The van der Waals surface area contributed by atoms with Gasteiger partial charge in [0.15, 0.2) is 5.76 Å². The third-order valence-corrected chi connectivity index (χ3v) is 7.32. The number of ether oxygens (including phenoxy) is 2. The highest BCUT2D eigenvalue weighted by Crippen LogP contribution is 2.33. The minimum absolute atomic E-state index is 0.00377. The van der Waals surface area contributed by atoms with Crippen LogP contribution in [-0.2, 0) is 34.0 Å². The molecule has 1 amide bonds. The first-order chi connectivity index (χ1) is 19.1. The monoisotopic (exact) mass is 522 g/mol. The lowest BCUT2D eigenvalue weighted by atomic mass is 9.92. The van der Waals surface area contributed by atoms with Crippen molar-refractivity contribution in [1.29, 1.82) is 0 Å². The zero-order valence-electron chi connectivity index (χ0n) is 22.0. The van der Waals surface area contributed by atoms with Crippen LogP contribution in [0.2, 0.25) is 0 Å². The Morgan fingerprint density at radius 1 is 0.923 bits per heavy atom. The molecule has 2 aliphatic rings. The lowest BCUT2D eigenvalue weighted by Crippen LogP contribution is -2.49. The minimum Gasteiger partial charge on any atom is -0.459 e. The molecule has 39 heavy (non-hydrogen) atoms. The van der Waals surface area contributed by atoms with E-state index < -0.39 is 6.29 Å². The Morgan fingerprint density at radius 3 is 2.28 bits per heavy atom. The first-order valence-corrected chi connectivity index (χ1v) is 13.4. The third-order valence-electron chi connectivity index (χ3n) is 7.32. The van der Waals surface area contributed by atoms with E-state index in [4.69, 9.17) is 15.9 Å². The van der Waals surface area contributed by atoms with Crippen molar-refractivity contribution >= 4 is 5.91 Å². The predicted molar refractivity (Wildman–Crippen MR) is 150 cm³/mol. The van der Waals surface area contributed by atoms with E-state index in [0.29, 0.717) is 31.9 Å². The van der Waals surface area contributed by atoms with Crippen molar-refractivity contribution in [2.24, 2.45) is 0 Å². The summed E-state index contributed by atoms with van der Waals surface area (Å²) in [7, 11) is 0. The van der Waals surface area contributed by atoms with Gasteiger partial charge in [0.1, 0.15) is 0 Å². The van der Waals surface area contributed by atoms with Gasteiger partial charge in [-0.05, 0) is 40.5 Å². The fourth-order valence-electron chi connectivity index (χ4n) is 5.01. The number of hydrogen-bond donors (Lipinski definition) is 1. The maximum atomic E-state index is 13.6. The van der Waals surface area contributed by atoms with Gasteiger partial charge in [0.2, 0.25) is 6.29 Å². The van der Waals surface area contributed by atoms with E-state index in [0.717, 1.165) is 41.9 Å². The van der Waals surface area contributed by atoms with Crippen molar-refractivity contribution < 1.29 is 19.4 Å². The fraction of sp³-hybridized carbons (Fsp3) is 0.303. The molecule has 0 radical (unpaired) electrons. The van der Waals surface area contributed by atoms with Crippen LogP contribution in [-0.4, -0.2) is 53.3 Å². The Kier molecular flexibility index (Phi) is 8.75. The largest absolute Gasteiger partial charge is 0.459 e. The van der Waals surface area contributed by atoms with Crippen molar-refractivity contribution in [3.8, 4) is 12.3 Å². The van der Waals surface area contributed by atoms with E-state index in [9.17, 15) is 9.90 Å². The van der Waals surface area contributed by atoms with Crippen LogP contribution in [0.1, 0.15) is 40.2 Å². The molecule has 200 valence electrons. The number of aliphatic hydroxyl groups is 1. The van der Waals surface area contributed by atoms with E-state index in [1.807, 2.05) is 65.6 Å². The zero-order valence-corrected chi connectivity index (χ0v) is 22.0. The summed E-state index contributed by atoms with van der Waals surface area (Å²) in [4.78, 5) is 17.8. The first kappa shape index (κ1) is 26.7. The number of aliphatic hydroxyl groups excluding tert-OH is 1. The molecule has 0 saturated carbocycles. The molecule has 0 aliphatic carbocycles. The van der Waals surface area contributed by atoms with Gasteiger partial charge in [0, 0.05) is 50.6 Å². The first-order valence-electron chi connectivity index (χ1n) is 13.4. The molecule has 3 aromatic rings. The van der Waals surface area contributed by atoms with Crippen LogP contribution < -0.4 is 0 Å². The molecule has 0 aromatic heterocycles. The van der Waals surface area contributed by atoms with Crippen molar-refractivity contribution in [2.45, 2.75) is 38.4 Å². The molecule has 6 nitrogen and oxygen atoms in total. The number of allylic oxidation sites excluding steroid dienone is 1. The molecule has 2 heterocycles. The number of benzene rings is 3. The molecule has 2 atom stereocenters. The van der Waals surface area contributed by atoms with Crippen LogP contribution in [0, 0.1) is 12.3 Å². The van der Waals surface area contributed by atoms with Crippen molar-refractivity contribution in [3.63, 3.8) is 0 Å². The maximum Gasteiger partial charge on any atom is 0.288 e. The third kappa shape index (κ3) is 6.96. The van der Waals surface area contributed by atoms with Crippen molar-refractivity contribution in [2.75, 3.05) is 26.2 Å². The molecule has 6 heteroatoms. The quantitative estimate of drug-likeness (QED) is 0.444. The summed E-state index contributed by atoms with van der Waals surface area (Å²) < 4.78 is 12.3. The molecule has 0 unspecified atom stereocenters. The summed E-state index contributed by atoms with van der Waals surface area (Å²) >= 11 is 0. The van der Waals surface area contributed by atoms with Gasteiger partial charge in [-0.25, -0.2) is 0 Å². The summed E-state index contributed by atoms with van der Waals surface area (Å²) in [5.41, 5.74) is 4.99. The summed E-state index contributed by atoms with van der Waals surface area (Å²) in [6.45, 7) is 4.16. The molecule has 1 saturated heterocycles. The molecule has 0 spiro atoms. The minimum atomic E-state index is -0.567. The van der Waals surface area contributed by atoms with E-state index in [-0.39, 0.29) is 18.4 Å². The number of amides is 1. The summed E-state index contributed by atoms with van der Waals surface area (Å²) in [6.07, 6.45) is 7.49. The van der Waals surface area contributed by atoms with Crippen LogP contribution in [0.4, 0.5) is 0 Å². The van der Waals surface area contributed by atoms with Crippen molar-refractivity contribution in [3.05, 3.63) is 119 Å². The van der Waals surface area contributed by atoms with Gasteiger partial charge in [0.05, 0.1) is 13.2 Å². The van der Waals surface area contributed by atoms with E-state index in [2.05, 4.69) is 35.1 Å². The SMILES string of the molecule is C#Cc1ccc([C@H]2C=C(C(=O)N3CCN(Cc4ccccc4)CC3)O[C@@H](OCc3ccc(CO)cc3)C2)cc1. The molecular weight excluding hydrogens is 488 g/mol. The number of nitrogens with zero attached hydrogens (tertiary/aromatic N) is 2. The Balaban J connectivity index is 1.26. The molecule has 1 N–H and O–H groups in total. The lowest BCUT2D eigenvalue weighted by Gasteiger charge is -2.36. The Morgan fingerprint density at radius 2 is 1.62 bits per heavy atom. The van der Waals surface area contributed by atoms with Gasteiger partial charge in [-0.3, -0.25) is 9.69 Å². The smallest absolute Gasteiger partial charge is 0.288 e. The van der Waals surface area contributed by atoms with Gasteiger partial charge < -0.3 is 19.5 Å². The van der Waals surface area contributed by atoms with Gasteiger partial charge in [-0.15, -0.1) is 6.42 Å². The second kappa shape index (κ2) is 12.8. The lowest BCUT2D eigenvalue weighted by molar-refractivity contribution is -0.157. The van der Waals surface area contributed by atoms with E-state index >= 15 is 0 Å². The summed E-state index contributed by atoms with van der Waals surface area (Å²) in [5.74, 6) is 2.86. The average molecular weight is 523 g/mol. The Hall–Kier alpha value is -3.89. The fourth-order valence-corrected chi connectivity index (χ4v) is 5.01. The Labute approximate surface area is 230 Å². The number of carbonyl (C=O) groups is 1. The van der Waals surface area contributed by atoms with Crippen LogP contribution in [0.5, 0.6) is 0 Å². The molecular formula is C33H34N2O4. The number of hydrogen-bond acceptors (Lipinski definition) is 5. The highest BCUT2D eigenvalue weighted by Gasteiger charge is 2.32. The zero-order chi connectivity index (χ0) is 27.0. The van der Waals surface area contributed by atoms with E-state index in [1.165, 1.54) is 5.56 Å². The highest BCUT2D eigenvalue weighted by molar-refractivity contribution is 5.92. The van der Waals surface area contributed by atoms with Gasteiger partial charge in [-0.1, -0.05) is 72.7 Å². The number of carbonyl (C=O) groups excluding carboxylic acids is 1.